The van der Waals surface area contributed by atoms with Crippen LogP contribution in [0, 0.1) is 0 Å². The lowest BCUT2D eigenvalue weighted by Crippen LogP contribution is -2.29. The van der Waals surface area contributed by atoms with Gasteiger partial charge in [-0.05, 0) is 140 Å². The molecule has 0 saturated carbocycles. The number of hydrogen-bond donors (Lipinski definition) is 0. The van der Waals surface area contributed by atoms with Crippen LogP contribution in [0.3, 0.4) is 0 Å². The molecule has 0 radical (unpaired) electrons. The van der Waals surface area contributed by atoms with Crippen molar-refractivity contribution in [3.63, 3.8) is 0 Å². The second kappa shape index (κ2) is 17.0. The molecule has 0 aliphatic heterocycles. The van der Waals surface area contributed by atoms with Crippen molar-refractivity contribution in [1.82, 2.24) is 0 Å². The molecular formula is C65H47NS. The summed E-state index contributed by atoms with van der Waals surface area (Å²) < 4.78 is 0. The normalized spacial score (nSPS) is 14.3. The van der Waals surface area contributed by atoms with Gasteiger partial charge in [0.05, 0.1) is 5.41 Å². The largest absolute Gasteiger partial charge is 0.310 e. The first-order chi connectivity index (χ1) is 33.2. The van der Waals surface area contributed by atoms with Crippen molar-refractivity contribution in [2.24, 2.45) is 0 Å². The van der Waals surface area contributed by atoms with Gasteiger partial charge in [0.15, 0.2) is 0 Å². The van der Waals surface area contributed by atoms with Gasteiger partial charge >= 0.3 is 0 Å². The van der Waals surface area contributed by atoms with Gasteiger partial charge in [0.1, 0.15) is 0 Å². The Morgan fingerprint density at radius 2 is 0.716 bits per heavy atom. The van der Waals surface area contributed by atoms with Gasteiger partial charge in [-0.1, -0.05) is 200 Å². The highest BCUT2D eigenvalue weighted by molar-refractivity contribution is 8.34. The van der Waals surface area contributed by atoms with Crippen LogP contribution in [0.4, 0.5) is 17.1 Å². The van der Waals surface area contributed by atoms with Crippen LogP contribution < -0.4 is 4.90 Å². The molecule has 1 nitrogen and oxygen atoms in total. The molecule has 1 aliphatic rings. The van der Waals surface area contributed by atoms with E-state index in [0.29, 0.717) is 0 Å². The Morgan fingerprint density at radius 3 is 1.34 bits per heavy atom. The Kier molecular flexibility index (Phi) is 10.2. The number of fused-ring (bicyclic) bond motifs is 4. The third-order valence-electron chi connectivity index (χ3n) is 13.7. The van der Waals surface area contributed by atoms with Crippen LogP contribution in [0.25, 0.3) is 33.0 Å². The zero-order valence-corrected chi connectivity index (χ0v) is 37.8. The molecule has 1 aliphatic carbocycles. The molecule has 11 aromatic rings. The molecule has 318 valence electrons. The minimum atomic E-state index is -1.77. The molecule has 0 heterocycles. The highest BCUT2D eigenvalue weighted by Crippen LogP contribution is 2.73. The van der Waals surface area contributed by atoms with Gasteiger partial charge in [0.2, 0.25) is 0 Å². The zero-order chi connectivity index (χ0) is 44.6. The maximum atomic E-state index is 2.46. The number of nitrogens with zero attached hydrogens (tertiary/aromatic N) is 1. The van der Waals surface area contributed by atoms with Crippen molar-refractivity contribution in [3.05, 3.63) is 307 Å². The van der Waals surface area contributed by atoms with Crippen LogP contribution >= 0.6 is 10.0 Å². The SMILES string of the molecule is c1ccc(N(c2ccc(-c3ccc(S(c4ccccc4)(c4ccccc4)c4ccccc4)cc3)cc2)c2ccc3c(c2)C(c2ccccc2)(c2cccc4ccccc24)c2ccccc2-3)cc1. The molecule has 12 rings (SSSR count). The Hall–Kier alpha value is -8.17. The number of rotatable bonds is 10. The maximum absolute atomic E-state index is 2.46. The minimum absolute atomic E-state index is 0.552. The molecule has 1 atom stereocenters. The standard InChI is InChI=1S/C65H47NS/c1-6-23-51(24-7-1)65(62-36-20-22-50-21-16-17-33-59(50)62)63-35-19-18-34-60(63)61-46-43-54(47-64(61)65)66(52-25-8-2-9-26-52)53-41-37-48(38-42-53)49-39-44-58(45-40-49)67(55-27-10-3-11-28-55,56-29-12-4-13-30-56)57-31-14-5-15-32-57/h1-47H. The monoisotopic (exact) mass is 873 g/mol. The quantitative estimate of drug-likeness (QED) is 0.132. The van der Waals surface area contributed by atoms with E-state index in [2.05, 4.69) is 290 Å². The fraction of sp³-hybridized carbons (Fsp3) is 0.0154. The first-order valence-corrected chi connectivity index (χ1v) is 24.7. The number of hydrogen-bond acceptors (Lipinski definition) is 1. The number of para-hydroxylation sites is 1. The molecule has 0 saturated heterocycles. The Morgan fingerprint density at radius 1 is 0.284 bits per heavy atom. The molecular weight excluding hydrogens is 827 g/mol. The predicted octanol–water partition coefficient (Wildman–Crippen LogP) is 17.7. The summed E-state index contributed by atoms with van der Waals surface area (Å²) in [5, 5.41) is 2.50. The Labute approximate surface area is 395 Å². The summed E-state index contributed by atoms with van der Waals surface area (Å²) in [7, 11) is -1.77. The molecule has 0 amide bonds. The molecule has 11 aromatic carbocycles. The fourth-order valence-corrected chi connectivity index (χ4v) is 14.6. The van der Waals surface area contributed by atoms with E-state index >= 15 is 0 Å². The van der Waals surface area contributed by atoms with Crippen LogP contribution in [-0.2, 0) is 5.41 Å². The molecule has 0 fully saturated rings. The lowest BCUT2D eigenvalue weighted by Gasteiger charge is -2.42. The van der Waals surface area contributed by atoms with E-state index in [0.717, 1.165) is 17.1 Å². The summed E-state index contributed by atoms with van der Waals surface area (Å²) in [6, 6.07) is 105. The lowest BCUT2D eigenvalue weighted by atomic mass is 9.66. The van der Waals surface area contributed by atoms with Crippen molar-refractivity contribution < 1.29 is 0 Å². The topological polar surface area (TPSA) is 3.24 Å². The first kappa shape index (κ1) is 40.3. The van der Waals surface area contributed by atoms with E-state index < -0.39 is 15.4 Å². The molecule has 2 heteroatoms. The summed E-state index contributed by atoms with van der Waals surface area (Å²) in [5.74, 6) is 0. The fourth-order valence-electron chi connectivity index (χ4n) is 10.8. The van der Waals surface area contributed by atoms with E-state index in [1.807, 2.05) is 0 Å². The van der Waals surface area contributed by atoms with Gasteiger partial charge in [-0.3, -0.25) is 0 Å². The lowest BCUT2D eigenvalue weighted by molar-refractivity contribution is 0.776. The Balaban J connectivity index is 0.982. The first-order valence-electron chi connectivity index (χ1n) is 23.1. The van der Waals surface area contributed by atoms with Crippen LogP contribution in [0.15, 0.2) is 305 Å². The van der Waals surface area contributed by atoms with Crippen LogP contribution in [-0.4, -0.2) is 0 Å². The molecule has 0 N–H and O–H groups in total. The zero-order valence-electron chi connectivity index (χ0n) is 37.0. The summed E-state index contributed by atoms with van der Waals surface area (Å²) in [6.07, 6.45) is 0. The molecule has 0 spiro atoms. The summed E-state index contributed by atoms with van der Waals surface area (Å²) in [5.41, 5.74) is 12.8. The third-order valence-corrected chi connectivity index (χ3v) is 17.6. The Bertz CT molecular complexity index is 3380. The average molecular weight is 874 g/mol. The van der Waals surface area contributed by atoms with E-state index in [9.17, 15) is 0 Å². The second-order valence-corrected chi connectivity index (χ2v) is 20.3. The number of anilines is 3. The highest BCUT2D eigenvalue weighted by atomic mass is 32.3. The molecule has 0 aromatic heterocycles. The molecule has 1 unspecified atom stereocenters. The van der Waals surface area contributed by atoms with Gasteiger partial charge in [0.25, 0.3) is 0 Å². The van der Waals surface area contributed by atoms with Crippen molar-refractivity contribution in [1.29, 1.82) is 0 Å². The predicted molar refractivity (Wildman–Crippen MR) is 281 cm³/mol. The van der Waals surface area contributed by atoms with Crippen LogP contribution in [0.2, 0.25) is 0 Å². The summed E-state index contributed by atoms with van der Waals surface area (Å²) in [6.45, 7) is 0. The molecule has 0 bridgehead atoms. The van der Waals surface area contributed by atoms with Gasteiger partial charge in [0, 0.05) is 36.6 Å². The van der Waals surface area contributed by atoms with Gasteiger partial charge in [-0.25, -0.2) is 0 Å². The van der Waals surface area contributed by atoms with Crippen molar-refractivity contribution in [3.8, 4) is 22.3 Å². The van der Waals surface area contributed by atoms with E-state index in [1.165, 1.54) is 74.9 Å². The van der Waals surface area contributed by atoms with Crippen LogP contribution in [0.5, 0.6) is 0 Å². The van der Waals surface area contributed by atoms with E-state index in [-0.39, 0.29) is 0 Å². The summed E-state index contributed by atoms with van der Waals surface area (Å²) in [4.78, 5) is 7.67. The minimum Gasteiger partial charge on any atom is -0.310 e. The average Bonchev–Trinajstić information content (AvgIpc) is 3.71. The summed E-state index contributed by atoms with van der Waals surface area (Å²) >= 11 is 0. The van der Waals surface area contributed by atoms with Crippen LogP contribution in [0.1, 0.15) is 22.3 Å². The van der Waals surface area contributed by atoms with Gasteiger partial charge in [-0.15, -0.1) is 10.0 Å². The second-order valence-electron chi connectivity index (χ2n) is 17.2. The van der Waals surface area contributed by atoms with Crippen molar-refractivity contribution in [2.45, 2.75) is 25.0 Å². The number of benzene rings is 11. The van der Waals surface area contributed by atoms with Crippen molar-refractivity contribution >= 4 is 37.9 Å². The van der Waals surface area contributed by atoms with E-state index in [1.54, 1.807) is 0 Å². The molecule has 67 heavy (non-hydrogen) atoms. The van der Waals surface area contributed by atoms with Gasteiger partial charge < -0.3 is 4.90 Å². The van der Waals surface area contributed by atoms with Gasteiger partial charge in [-0.2, -0.15) is 0 Å². The smallest absolute Gasteiger partial charge is 0.0720 e. The van der Waals surface area contributed by atoms with E-state index in [4.69, 9.17) is 0 Å². The third kappa shape index (κ3) is 6.63. The van der Waals surface area contributed by atoms with Crippen molar-refractivity contribution in [2.75, 3.05) is 4.90 Å². The highest BCUT2D eigenvalue weighted by Gasteiger charge is 2.47. The maximum Gasteiger partial charge on any atom is 0.0720 e.